The Bertz CT molecular complexity index is 1080. The zero-order valence-corrected chi connectivity index (χ0v) is 25.2. The quantitative estimate of drug-likeness (QED) is 0.363. The van der Waals surface area contributed by atoms with Crippen LogP contribution in [-0.4, -0.2) is 38.0 Å². The highest BCUT2D eigenvalue weighted by Gasteiger charge is 2.22. The number of nitrogens with one attached hydrogen (secondary N) is 1. The molecule has 2 aromatic heterocycles. The molecule has 0 fully saturated rings. The van der Waals surface area contributed by atoms with Crippen molar-refractivity contribution in [3.63, 3.8) is 0 Å². The molecule has 0 aromatic carbocycles. The molecule has 0 radical (unpaired) electrons. The minimum Gasteiger partial charge on any atom is -0.363 e. The molecule has 0 saturated carbocycles. The first-order valence-electron chi connectivity index (χ1n) is 13.6. The molecular formula is C29H41Cl2N5O2. The van der Waals surface area contributed by atoms with E-state index in [1.54, 1.807) is 0 Å². The predicted octanol–water partition coefficient (Wildman–Crippen LogP) is 6.59. The van der Waals surface area contributed by atoms with Gasteiger partial charge in [0.2, 0.25) is 10.6 Å². The van der Waals surface area contributed by atoms with E-state index in [1.807, 2.05) is 0 Å². The van der Waals surface area contributed by atoms with Crippen LogP contribution in [0.5, 0.6) is 0 Å². The maximum absolute atomic E-state index is 11.9. The number of nitrogens with zero attached hydrogens (tertiary/aromatic N) is 4. The van der Waals surface area contributed by atoms with Gasteiger partial charge in [0.15, 0.2) is 5.78 Å². The summed E-state index contributed by atoms with van der Waals surface area (Å²) in [6.45, 7) is 12.7. The monoisotopic (exact) mass is 561 g/mol. The largest absolute Gasteiger partial charge is 0.363 e. The molecule has 38 heavy (non-hydrogen) atoms. The zero-order chi connectivity index (χ0) is 28.1. The molecule has 0 unspecified atom stereocenters. The predicted molar refractivity (Wildman–Crippen MR) is 153 cm³/mol. The molecule has 2 aromatic rings. The summed E-state index contributed by atoms with van der Waals surface area (Å²) < 4.78 is 0. The third-order valence-corrected chi connectivity index (χ3v) is 6.78. The highest BCUT2D eigenvalue weighted by molar-refractivity contribution is 6.28. The van der Waals surface area contributed by atoms with Crippen LogP contribution in [0.3, 0.4) is 0 Å². The third kappa shape index (κ3) is 9.57. The van der Waals surface area contributed by atoms with Gasteiger partial charge < -0.3 is 5.32 Å². The Morgan fingerprint density at radius 3 is 1.87 bits per heavy atom. The molecule has 0 amide bonds. The van der Waals surface area contributed by atoms with Gasteiger partial charge in [0.1, 0.15) is 11.6 Å². The minimum atomic E-state index is 0.0179. The molecule has 0 aliphatic heterocycles. The van der Waals surface area contributed by atoms with E-state index in [0.717, 1.165) is 67.0 Å². The normalized spacial score (nSPS) is 14.4. The molecule has 208 valence electrons. The number of anilines is 1. The van der Waals surface area contributed by atoms with Gasteiger partial charge >= 0.3 is 0 Å². The average Bonchev–Trinajstić information content (AvgIpc) is 3.43. The minimum absolute atomic E-state index is 0.0179. The SMILES string of the molecule is CC(C)(C)CC(=O)CCc1nc(Cl)nc2c1CCC2.CC(C)(C)CC(=O)CNc1nc(Cl)nc2c1CCC2. The number of Topliss-reactive ketones (excluding diaryl/α,β-unsaturated/α-hetero) is 2. The maximum atomic E-state index is 11.9. The van der Waals surface area contributed by atoms with Crippen LogP contribution in [0, 0.1) is 10.8 Å². The Kier molecular flexibility index (Phi) is 10.3. The lowest BCUT2D eigenvalue weighted by atomic mass is 9.88. The number of fused-ring (bicyclic) bond motifs is 2. The Morgan fingerprint density at radius 2 is 1.26 bits per heavy atom. The third-order valence-electron chi connectivity index (χ3n) is 6.45. The van der Waals surface area contributed by atoms with Crippen LogP contribution in [0.4, 0.5) is 5.82 Å². The number of hydrogen-bond acceptors (Lipinski definition) is 7. The van der Waals surface area contributed by atoms with Gasteiger partial charge in [-0.15, -0.1) is 0 Å². The van der Waals surface area contributed by atoms with Crippen molar-refractivity contribution in [3.05, 3.63) is 38.8 Å². The second-order valence-corrected chi connectivity index (χ2v) is 13.4. The molecule has 1 N–H and O–H groups in total. The van der Waals surface area contributed by atoms with Crippen molar-refractivity contribution in [1.82, 2.24) is 19.9 Å². The second-order valence-electron chi connectivity index (χ2n) is 12.7. The van der Waals surface area contributed by atoms with Crippen molar-refractivity contribution in [2.24, 2.45) is 10.8 Å². The highest BCUT2D eigenvalue weighted by Crippen LogP contribution is 2.28. The Balaban J connectivity index is 0.000000211. The summed E-state index contributed by atoms with van der Waals surface area (Å²) in [4.78, 5) is 40.8. The Hall–Kier alpha value is -2.12. The average molecular weight is 563 g/mol. The molecule has 2 aliphatic rings. The highest BCUT2D eigenvalue weighted by atomic mass is 35.5. The van der Waals surface area contributed by atoms with Gasteiger partial charge in [0, 0.05) is 36.2 Å². The van der Waals surface area contributed by atoms with E-state index in [-0.39, 0.29) is 21.9 Å². The number of ketones is 2. The summed E-state index contributed by atoms with van der Waals surface area (Å²) in [5.41, 5.74) is 5.51. The fraction of sp³-hybridized carbons (Fsp3) is 0.655. The Morgan fingerprint density at radius 1 is 0.737 bits per heavy atom. The van der Waals surface area contributed by atoms with Gasteiger partial charge in [-0.3, -0.25) is 9.59 Å². The molecule has 0 bridgehead atoms. The van der Waals surface area contributed by atoms with Crippen LogP contribution in [0.2, 0.25) is 10.6 Å². The van der Waals surface area contributed by atoms with Crippen LogP contribution in [0.15, 0.2) is 0 Å². The molecule has 9 heteroatoms. The van der Waals surface area contributed by atoms with Gasteiger partial charge in [0.25, 0.3) is 0 Å². The molecule has 2 heterocycles. The standard InChI is InChI=1S/C15H21ClN2O.C14H20ClN3O/c1-15(2,3)9-10(19)7-8-13-11-5-4-6-12(11)17-14(16)18-13;1-14(2,3)7-9(19)8-16-12-10-5-4-6-11(10)17-13(15)18-12/h4-9H2,1-3H3;4-8H2,1-3H3,(H,16,17,18). The number of carbonyl (C=O) groups is 2. The van der Waals surface area contributed by atoms with E-state index >= 15 is 0 Å². The number of aromatic nitrogens is 4. The molecule has 2 aliphatic carbocycles. The van der Waals surface area contributed by atoms with Crippen LogP contribution in [0.25, 0.3) is 0 Å². The van der Waals surface area contributed by atoms with E-state index in [9.17, 15) is 9.59 Å². The number of hydrogen-bond donors (Lipinski definition) is 1. The molecule has 0 spiro atoms. The van der Waals surface area contributed by atoms with E-state index in [1.165, 1.54) is 5.56 Å². The van der Waals surface area contributed by atoms with Crippen molar-refractivity contribution in [3.8, 4) is 0 Å². The van der Waals surface area contributed by atoms with Crippen molar-refractivity contribution in [2.75, 3.05) is 11.9 Å². The first-order chi connectivity index (χ1) is 17.7. The van der Waals surface area contributed by atoms with Crippen molar-refractivity contribution in [1.29, 1.82) is 0 Å². The fourth-order valence-corrected chi connectivity index (χ4v) is 5.40. The van der Waals surface area contributed by atoms with Gasteiger partial charge in [-0.05, 0) is 84.5 Å². The molecule has 0 saturated heterocycles. The van der Waals surface area contributed by atoms with Crippen molar-refractivity contribution < 1.29 is 9.59 Å². The van der Waals surface area contributed by atoms with Gasteiger partial charge in [-0.25, -0.2) is 19.9 Å². The zero-order valence-electron chi connectivity index (χ0n) is 23.6. The first-order valence-corrected chi connectivity index (χ1v) is 14.3. The summed E-state index contributed by atoms with van der Waals surface area (Å²) in [6.07, 6.45) is 8.54. The van der Waals surface area contributed by atoms with Crippen molar-refractivity contribution >= 4 is 40.6 Å². The molecular weight excluding hydrogens is 521 g/mol. The molecule has 4 rings (SSSR count). The summed E-state index contributed by atoms with van der Waals surface area (Å²) in [7, 11) is 0. The van der Waals surface area contributed by atoms with Crippen LogP contribution < -0.4 is 5.32 Å². The Labute approximate surface area is 237 Å². The summed E-state index contributed by atoms with van der Waals surface area (Å²) >= 11 is 11.8. The summed E-state index contributed by atoms with van der Waals surface area (Å²) in [5.74, 6) is 1.22. The van der Waals surface area contributed by atoms with E-state index < -0.39 is 0 Å². The van der Waals surface area contributed by atoms with Crippen LogP contribution in [0.1, 0.15) is 102 Å². The van der Waals surface area contributed by atoms with Gasteiger partial charge in [-0.1, -0.05) is 41.5 Å². The fourth-order valence-electron chi connectivity index (χ4n) is 5.01. The number of rotatable bonds is 8. The van der Waals surface area contributed by atoms with Crippen LogP contribution >= 0.6 is 23.2 Å². The molecule has 7 nitrogen and oxygen atoms in total. The second kappa shape index (κ2) is 12.8. The summed E-state index contributed by atoms with van der Waals surface area (Å²) in [6, 6.07) is 0. The smallest absolute Gasteiger partial charge is 0.224 e. The lowest BCUT2D eigenvalue weighted by Gasteiger charge is -2.17. The van der Waals surface area contributed by atoms with Crippen molar-refractivity contribution in [2.45, 2.75) is 106 Å². The maximum Gasteiger partial charge on any atom is 0.224 e. The lowest BCUT2D eigenvalue weighted by Crippen LogP contribution is -2.21. The van der Waals surface area contributed by atoms with E-state index in [4.69, 9.17) is 23.2 Å². The van der Waals surface area contributed by atoms with Gasteiger partial charge in [-0.2, -0.15) is 0 Å². The lowest BCUT2D eigenvalue weighted by molar-refractivity contribution is -0.121. The number of halogens is 2. The van der Waals surface area contributed by atoms with Crippen LogP contribution in [-0.2, 0) is 41.7 Å². The van der Waals surface area contributed by atoms with Gasteiger partial charge in [0.05, 0.1) is 12.2 Å². The van der Waals surface area contributed by atoms with E-state index in [0.29, 0.717) is 43.3 Å². The number of carbonyl (C=O) groups excluding carboxylic acids is 2. The van der Waals surface area contributed by atoms with E-state index in [2.05, 4.69) is 66.8 Å². The topological polar surface area (TPSA) is 97.7 Å². The molecule has 0 atom stereocenters. The summed E-state index contributed by atoms with van der Waals surface area (Å²) in [5, 5.41) is 3.70. The first kappa shape index (κ1) is 30.4. The number of aryl methyl sites for hydroxylation is 3.